The van der Waals surface area contributed by atoms with Gasteiger partial charge in [0.15, 0.2) is 0 Å². The Morgan fingerprint density at radius 3 is 2.55 bits per heavy atom. The molecule has 2 aliphatic heterocycles. The summed E-state index contributed by atoms with van der Waals surface area (Å²) < 4.78 is 5.08. The Hall–Kier alpha value is -3.03. The van der Waals surface area contributed by atoms with Gasteiger partial charge in [-0.3, -0.25) is 4.90 Å². The van der Waals surface area contributed by atoms with Gasteiger partial charge in [0.05, 0.1) is 18.7 Å². The molecule has 2 aliphatic rings. The number of amides is 2. The zero-order chi connectivity index (χ0) is 23.5. The number of aryl methyl sites for hydroxylation is 1. The maximum atomic E-state index is 12.8. The van der Waals surface area contributed by atoms with Gasteiger partial charge in [0.2, 0.25) is 0 Å². The first-order chi connectivity index (χ1) is 15.9. The molecule has 0 bridgehead atoms. The third-order valence-corrected chi connectivity index (χ3v) is 6.65. The summed E-state index contributed by atoms with van der Waals surface area (Å²) in [6.45, 7) is 8.11. The van der Waals surface area contributed by atoms with Crippen molar-refractivity contribution in [3.05, 3.63) is 75.4 Å². The number of urea groups is 1. The Morgan fingerprint density at radius 2 is 1.85 bits per heavy atom. The highest BCUT2D eigenvalue weighted by molar-refractivity contribution is 6.30. The van der Waals surface area contributed by atoms with Crippen molar-refractivity contribution in [1.82, 2.24) is 15.5 Å². The van der Waals surface area contributed by atoms with Gasteiger partial charge in [-0.25, -0.2) is 9.59 Å². The van der Waals surface area contributed by atoms with E-state index in [4.69, 9.17) is 16.3 Å². The van der Waals surface area contributed by atoms with Gasteiger partial charge >= 0.3 is 12.0 Å². The molecule has 2 N–H and O–H groups in total. The van der Waals surface area contributed by atoms with Crippen LogP contribution in [0.3, 0.4) is 0 Å². The first-order valence-electron chi connectivity index (χ1n) is 11.0. The molecule has 0 spiro atoms. The van der Waals surface area contributed by atoms with Crippen LogP contribution in [0.15, 0.2) is 53.7 Å². The first-order valence-corrected chi connectivity index (χ1v) is 11.4. The number of methoxy groups -OCH3 is 1. The van der Waals surface area contributed by atoms with Crippen molar-refractivity contribution in [1.29, 1.82) is 0 Å². The smallest absolute Gasteiger partial charge is 0.338 e. The van der Waals surface area contributed by atoms with Crippen molar-refractivity contribution >= 4 is 29.3 Å². The minimum Gasteiger partial charge on any atom is -0.466 e. The number of hydrogen-bond acceptors (Lipinski definition) is 5. The second-order valence-electron chi connectivity index (χ2n) is 8.45. The number of hydrogen-bond donors (Lipinski definition) is 2. The van der Waals surface area contributed by atoms with Crippen LogP contribution in [0.4, 0.5) is 10.5 Å². The van der Waals surface area contributed by atoms with E-state index in [0.717, 1.165) is 31.7 Å². The maximum absolute atomic E-state index is 12.8. The molecule has 0 saturated carbocycles. The van der Waals surface area contributed by atoms with Crippen molar-refractivity contribution < 1.29 is 14.3 Å². The fourth-order valence-electron chi connectivity index (χ4n) is 4.48. The van der Waals surface area contributed by atoms with Gasteiger partial charge in [-0.2, -0.15) is 0 Å². The number of benzene rings is 2. The summed E-state index contributed by atoms with van der Waals surface area (Å²) in [7, 11) is 1.35. The van der Waals surface area contributed by atoms with Gasteiger partial charge in [-0.1, -0.05) is 35.9 Å². The van der Waals surface area contributed by atoms with E-state index in [-0.39, 0.29) is 6.03 Å². The van der Waals surface area contributed by atoms with Gasteiger partial charge in [0.1, 0.15) is 0 Å². The highest BCUT2D eigenvalue weighted by atomic mass is 35.5. The van der Waals surface area contributed by atoms with Crippen LogP contribution in [0.25, 0.3) is 0 Å². The van der Waals surface area contributed by atoms with Crippen molar-refractivity contribution in [2.24, 2.45) is 0 Å². The van der Waals surface area contributed by atoms with Crippen LogP contribution in [0.2, 0.25) is 5.02 Å². The van der Waals surface area contributed by atoms with Crippen molar-refractivity contribution in [3.8, 4) is 0 Å². The molecule has 0 aliphatic carbocycles. The number of nitrogens with zero attached hydrogens (tertiary/aromatic N) is 2. The van der Waals surface area contributed by atoms with E-state index in [9.17, 15) is 9.59 Å². The lowest BCUT2D eigenvalue weighted by molar-refractivity contribution is -0.136. The Morgan fingerprint density at radius 1 is 1.12 bits per heavy atom. The van der Waals surface area contributed by atoms with E-state index in [0.29, 0.717) is 22.8 Å². The summed E-state index contributed by atoms with van der Waals surface area (Å²) >= 11 is 6.17. The molecule has 0 radical (unpaired) electrons. The minimum atomic E-state index is -0.629. The number of carbonyl (C=O) groups excluding carboxylic acids is 2. The number of esters is 1. The Bertz CT molecular complexity index is 1090. The fourth-order valence-corrected chi connectivity index (χ4v) is 4.68. The highest BCUT2D eigenvalue weighted by Gasteiger charge is 2.34. The Balaban J connectivity index is 1.55. The van der Waals surface area contributed by atoms with Crippen LogP contribution in [0.5, 0.6) is 0 Å². The lowest BCUT2D eigenvalue weighted by atomic mass is 9.95. The largest absolute Gasteiger partial charge is 0.466 e. The molecule has 7 nitrogen and oxygen atoms in total. The molecule has 1 atom stereocenters. The number of halogens is 1. The number of carbonyl (C=O) groups is 2. The van der Waals surface area contributed by atoms with E-state index in [1.54, 1.807) is 18.2 Å². The SMILES string of the molecule is COC(=O)C1=C(CN2CCN(c3cccc(C)c3C)CC2)NC(=O)N[C@@H]1c1cccc(Cl)c1. The van der Waals surface area contributed by atoms with Crippen molar-refractivity contribution in [2.45, 2.75) is 19.9 Å². The monoisotopic (exact) mass is 468 g/mol. The average Bonchev–Trinajstić information content (AvgIpc) is 2.81. The molecule has 2 aromatic rings. The molecule has 33 heavy (non-hydrogen) atoms. The number of rotatable bonds is 5. The van der Waals surface area contributed by atoms with Crippen LogP contribution in [0, 0.1) is 13.8 Å². The summed E-state index contributed by atoms with van der Waals surface area (Å²) in [5.74, 6) is -0.475. The lowest BCUT2D eigenvalue weighted by Gasteiger charge is -2.38. The molecule has 0 aromatic heterocycles. The Labute approximate surface area is 199 Å². The van der Waals surface area contributed by atoms with E-state index in [2.05, 4.69) is 52.5 Å². The van der Waals surface area contributed by atoms with Crippen LogP contribution in [-0.2, 0) is 9.53 Å². The molecular formula is C25H29ClN4O3. The summed E-state index contributed by atoms with van der Waals surface area (Å²) in [5, 5.41) is 6.22. The average molecular weight is 469 g/mol. The normalized spacial score (nSPS) is 19.2. The maximum Gasteiger partial charge on any atom is 0.338 e. The molecule has 0 unspecified atom stereocenters. The van der Waals surface area contributed by atoms with Gasteiger partial charge < -0.3 is 20.3 Å². The first kappa shape index (κ1) is 23.1. The molecule has 2 aromatic carbocycles. The summed E-state index contributed by atoms with van der Waals surface area (Å²) in [5.41, 5.74) is 5.55. The summed E-state index contributed by atoms with van der Waals surface area (Å²) in [6.07, 6.45) is 0. The Kier molecular flexibility index (Phi) is 6.91. The zero-order valence-electron chi connectivity index (χ0n) is 19.2. The third-order valence-electron chi connectivity index (χ3n) is 6.41. The van der Waals surface area contributed by atoms with Crippen molar-refractivity contribution in [2.75, 3.05) is 44.7 Å². The van der Waals surface area contributed by atoms with E-state index < -0.39 is 12.0 Å². The topological polar surface area (TPSA) is 73.9 Å². The van der Waals surface area contributed by atoms with Crippen LogP contribution in [0.1, 0.15) is 22.7 Å². The standard InChI is InChI=1S/C25H29ClN4O3/c1-16-6-4-9-21(17(16)2)30-12-10-29(11-13-30)15-20-22(24(31)33-3)23(28-25(32)27-20)18-7-5-8-19(26)14-18/h4-9,14,23H,10-13,15H2,1-3H3,(H2,27,28,32)/t23-/m1/s1. The predicted molar refractivity (Wildman–Crippen MR) is 129 cm³/mol. The van der Waals surface area contributed by atoms with Gasteiger partial charge in [-0.15, -0.1) is 0 Å². The van der Waals surface area contributed by atoms with Gasteiger partial charge in [0.25, 0.3) is 0 Å². The second-order valence-corrected chi connectivity index (χ2v) is 8.89. The number of anilines is 1. The van der Waals surface area contributed by atoms with Crippen LogP contribution < -0.4 is 15.5 Å². The molecule has 174 valence electrons. The minimum absolute atomic E-state index is 0.350. The summed E-state index contributed by atoms with van der Waals surface area (Å²) in [6, 6.07) is 12.6. The molecule has 2 amide bonds. The zero-order valence-corrected chi connectivity index (χ0v) is 19.9. The number of nitrogens with one attached hydrogen (secondary N) is 2. The molecule has 1 saturated heterocycles. The van der Waals surface area contributed by atoms with Gasteiger partial charge in [-0.05, 0) is 48.7 Å². The van der Waals surface area contributed by atoms with Crippen molar-refractivity contribution in [3.63, 3.8) is 0 Å². The molecule has 8 heteroatoms. The molecule has 2 heterocycles. The third kappa shape index (κ3) is 4.99. The second kappa shape index (κ2) is 9.85. The fraction of sp³-hybridized carbons (Fsp3) is 0.360. The molecule has 1 fully saturated rings. The molecular weight excluding hydrogens is 440 g/mol. The molecule has 4 rings (SSSR count). The quantitative estimate of drug-likeness (QED) is 0.656. The number of piperazine rings is 1. The lowest BCUT2D eigenvalue weighted by Crippen LogP contribution is -2.51. The van der Waals surface area contributed by atoms with E-state index in [1.165, 1.54) is 23.9 Å². The number of ether oxygens (including phenoxy) is 1. The van der Waals surface area contributed by atoms with E-state index >= 15 is 0 Å². The van der Waals surface area contributed by atoms with Crippen LogP contribution in [-0.4, -0.2) is 56.7 Å². The van der Waals surface area contributed by atoms with E-state index in [1.807, 2.05) is 6.07 Å². The van der Waals surface area contributed by atoms with Crippen LogP contribution >= 0.6 is 11.6 Å². The highest BCUT2D eigenvalue weighted by Crippen LogP contribution is 2.30. The predicted octanol–water partition coefficient (Wildman–Crippen LogP) is 3.56. The van der Waals surface area contributed by atoms with Gasteiger partial charge in [0, 0.05) is 49.1 Å². The summed E-state index contributed by atoms with van der Waals surface area (Å²) in [4.78, 5) is 29.9.